The second-order valence-electron chi connectivity index (χ2n) is 5.98. The topological polar surface area (TPSA) is 23.5 Å². The van der Waals surface area contributed by atoms with Crippen LogP contribution in [0.5, 0.6) is 0 Å². The fourth-order valence-corrected chi connectivity index (χ4v) is 2.88. The summed E-state index contributed by atoms with van der Waals surface area (Å²) in [4.78, 5) is 2.45. The molecule has 0 amide bonds. The van der Waals surface area contributed by atoms with Crippen molar-refractivity contribution >= 4 is 0 Å². The van der Waals surface area contributed by atoms with Gasteiger partial charge < -0.3 is 5.11 Å². The predicted molar refractivity (Wildman–Crippen MR) is 92.5 cm³/mol. The lowest BCUT2D eigenvalue weighted by Crippen LogP contribution is -2.30. The number of aliphatic hydroxyl groups is 1. The summed E-state index contributed by atoms with van der Waals surface area (Å²) >= 11 is 0. The van der Waals surface area contributed by atoms with Crippen LogP contribution < -0.4 is 0 Å². The lowest BCUT2D eigenvalue weighted by molar-refractivity contribution is 0.147. The molecule has 0 aliphatic heterocycles. The predicted octanol–water partition coefficient (Wildman–Crippen LogP) is 4.10. The summed E-state index contributed by atoms with van der Waals surface area (Å²) in [5.41, 5.74) is 2.65. The summed E-state index contributed by atoms with van der Waals surface area (Å²) < 4.78 is 0. The number of nitrogens with zero attached hydrogens (tertiary/aromatic N) is 1. The van der Waals surface area contributed by atoms with Gasteiger partial charge in [0.1, 0.15) is 0 Å². The average Bonchev–Trinajstić information content (AvgIpc) is 2.56. The molecule has 2 heteroatoms. The largest absolute Gasteiger partial charge is 0.396 e. The van der Waals surface area contributed by atoms with E-state index < -0.39 is 0 Å². The van der Waals surface area contributed by atoms with Gasteiger partial charge in [0, 0.05) is 26.2 Å². The molecule has 2 aromatic rings. The van der Waals surface area contributed by atoms with Crippen molar-refractivity contribution in [2.75, 3.05) is 13.2 Å². The van der Waals surface area contributed by atoms with Gasteiger partial charge in [-0.05, 0) is 23.5 Å². The molecule has 2 nitrogen and oxygen atoms in total. The molecule has 0 spiro atoms. The first-order chi connectivity index (χ1) is 10.8. The Balaban J connectivity index is 2.05. The first-order valence-electron chi connectivity index (χ1n) is 8.23. The second kappa shape index (κ2) is 9.39. The first kappa shape index (κ1) is 16.7. The minimum Gasteiger partial charge on any atom is -0.396 e. The van der Waals surface area contributed by atoms with E-state index in [1.54, 1.807) is 0 Å². The molecule has 0 aromatic heterocycles. The fourth-order valence-electron chi connectivity index (χ4n) is 2.88. The minimum atomic E-state index is 0.272. The van der Waals surface area contributed by atoms with Crippen molar-refractivity contribution in [3.8, 4) is 0 Å². The molecule has 0 aliphatic rings. The Hall–Kier alpha value is -1.64. The molecule has 1 atom stereocenters. The monoisotopic (exact) mass is 297 g/mol. The Morgan fingerprint density at radius 1 is 0.864 bits per heavy atom. The van der Waals surface area contributed by atoms with Crippen molar-refractivity contribution in [3.63, 3.8) is 0 Å². The molecule has 2 rings (SSSR count). The first-order valence-corrected chi connectivity index (χ1v) is 8.23. The second-order valence-corrected chi connectivity index (χ2v) is 5.98. The van der Waals surface area contributed by atoms with Crippen LogP contribution in [0.1, 0.15) is 30.9 Å². The van der Waals surface area contributed by atoms with Gasteiger partial charge in [0.05, 0.1) is 0 Å². The van der Waals surface area contributed by atoms with Crippen LogP contribution in [0.25, 0.3) is 0 Å². The maximum Gasteiger partial charge on any atom is 0.0471 e. The number of aliphatic hydroxyl groups excluding tert-OH is 1. The highest BCUT2D eigenvalue weighted by Gasteiger charge is 2.14. The van der Waals surface area contributed by atoms with Crippen LogP contribution >= 0.6 is 0 Å². The normalized spacial score (nSPS) is 12.5. The van der Waals surface area contributed by atoms with Crippen LogP contribution in [0.2, 0.25) is 0 Å². The molecule has 22 heavy (non-hydrogen) atoms. The van der Waals surface area contributed by atoms with Crippen molar-refractivity contribution in [2.45, 2.75) is 32.9 Å². The smallest absolute Gasteiger partial charge is 0.0471 e. The number of rotatable bonds is 9. The SMILES string of the molecule is CCC[C@@H](CO)CN(Cc1ccccc1)Cc1ccccc1. The van der Waals surface area contributed by atoms with E-state index in [-0.39, 0.29) is 6.61 Å². The molecule has 0 heterocycles. The van der Waals surface area contributed by atoms with Crippen molar-refractivity contribution in [2.24, 2.45) is 5.92 Å². The Morgan fingerprint density at radius 2 is 1.36 bits per heavy atom. The lowest BCUT2D eigenvalue weighted by Gasteiger charge is -2.27. The van der Waals surface area contributed by atoms with E-state index in [4.69, 9.17) is 0 Å². The van der Waals surface area contributed by atoms with Gasteiger partial charge in [-0.3, -0.25) is 4.90 Å². The summed E-state index contributed by atoms with van der Waals surface area (Å²) in [6.07, 6.45) is 2.20. The minimum absolute atomic E-state index is 0.272. The van der Waals surface area contributed by atoms with E-state index in [2.05, 4.69) is 72.5 Å². The fraction of sp³-hybridized carbons (Fsp3) is 0.400. The maximum absolute atomic E-state index is 9.61. The Morgan fingerprint density at radius 3 is 1.77 bits per heavy atom. The van der Waals surface area contributed by atoms with E-state index in [1.165, 1.54) is 11.1 Å². The Labute approximate surface area is 134 Å². The van der Waals surface area contributed by atoms with Crippen LogP contribution in [-0.4, -0.2) is 23.2 Å². The van der Waals surface area contributed by atoms with Crippen molar-refractivity contribution in [3.05, 3.63) is 71.8 Å². The van der Waals surface area contributed by atoms with E-state index >= 15 is 0 Å². The number of hydrogen-bond donors (Lipinski definition) is 1. The standard InChI is InChI=1S/C20H27NO/c1-2-9-20(17-22)16-21(14-18-10-5-3-6-11-18)15-19-12-7-4-8-13-19/h3-8,10-13,20,22H,2,9,14-17H2,1H3/t20-/m1/s1. The molecule has 0 bridgehead atoms. The Bertz CT molecular complexity index is 470. The molecule has 0 saturated carbocycles. The van der Waals surface area contributed by atoms with Gasteiger partial charge >= 0.3 is 0 Å². The molecule has 0 fully saturated rings. The van der Waals surface area contributed by atoms with Crippen LogP contribution in [0.15, 0.2) is 60.7 Å². The van der Waals surface area contributed by atoms with Crippen molar-refractivity contribution in [1.82, 2.24) is 4.90 Å². The van der Waals surface area contributed by atoms with E-state index in [0.717, 1.165) is 32.5 Å². The zero-order chi connectivity index (χ0) is 15.6. The Kier molecular flexibility index (Phi) is 7.14. The van der Waals surface area contributed by atoms with Crippen LogP contribution in [0.3, 0.4) is 0 Å². The van der Waals surface area contributed by atoms with Crippen molar-refractivity contribution in [1.29, 1.82) is 0 Å². The molecule has 1 N–H and O–H groups in total. The van der Waals surface area contributed by atoms with Crippen LogP contribution in [0.4, 0.5) is 0 Å². The zero-order valence-corrected chi connectivity index (χ0v) is 13.5. The molecular weight excluding hydrogens is 270 g/mol. The summed E-state index contributed by atoms with van der Waals surface area (Å²) in [6, 6.07) is 21.2. The summed E-state index contributed by atoms with van der Waals surface area (Å²) in [5.74, 6) is 0.359. The van der Waals surface area contributed by atoms with Gasteiger partial charge in [0.15, 0.2) is 0 Å². The highest BCUT2D eigenvalue weighted by molar-refractivity contribution is 5.17. The average molecular weight is 297 g/mol. The third-order valence-corrected chi connectivity index (χ3v) is 3.97. The number of hydrogen-bond acceptors (Lipinski definition) is 2. The molecule has 0 radical (unpaired) electrons. The third kappa shape index (κ3) is 5.63. The maximum atomic E-state index is 9.61. The van der Waals surface area contributed by atoms with E-state index in [9.17, 15) is 5.11 Å². The molecule has 118 valence electrons. The molecule has 2 aromatic carbocycles. The molecule has 0 saturated heterocycles. The van der Waals surface area contributed by atoms with E-state index in [0.29, 0.717) is 5.92 Å². The number of benzene rings is 2. The summed E-state index contributed by atoms with van der Waals surface area (Å²) in [5, 5.41) is 9.61. The van der Waals surface area contributed by atoms with Gasteiger partial charge in [-0.1, -0.05) is 74.0 Å². The van der Waals surface area contributed by atoms with Crippen molar-refractivity contribution < 1.29 is 5.11 Å². The molecule has 0 unspecified atom stereocenters. The van der Waals surface area contributed by atoms with Crippen LogP contribution in [-0.2, 0) is 13.1 Å². The van der Waals surface area contributed by atoms with Gasteiger partial charge in [0.25, 0.3) is 0 Å². The lowest BCUT2D eigenvalue weighted by atomic mass is 10.0. The summed E-state index contributed by atoms with van der Waals surface area (Å²) in [6.45, 7) is 5.25. The van der Waals surface area contributed by atoms with Gasteiger partial charge in [-0.15, -0.1) is 0 Å². The van der Waals surface area contributed by atoms with E-state index in [1.807, 2.05) is 0 Å². The third-order valence-electron chi connectivity index (χ3n) is 3.97. The molecular formula is C20H27NO. The van der Waals surface area contributed by atoms with Gasteiger partial charge in [-0.2, -0.15) is 0 Å². The van der Waals surface area contributed by atoms with Gasteiger partial charge in [0.2, 0.25) is 0 Å². The highest BCUT2D eigenvalue weighted by Crippen LogP contribution is 2.15. The van der Waals surface area contributed by atoms with Crippen LogP contribution in [0, 0.1) is 5.92 Å². The highest BCUT2D eigenvalue weighted by atomic mass is 16.3. The molecule has 0 aliphatic carbocycles. The summed E-state index contributed by atoms with van der Waals surface area (Å²) in [7, 11) is 0. The van der Waals surface area contributed by atoms with Gasteiger partial charge in [-0.25, -0.2) is 0 Å². The quantitative estimate of drug-likeness (QED) is 0.753. The zero-order valence-electron chi connectivity index (χ0n) is 13.5.